The van der Waals surface area contributed by atoms with Gasteiger partial charge in [-0.05, 0) is 43.5 Å². The van der Waals surface area contributed by atoms with E-state index in [9.17, 15) is 9.90 Å². The zero-order valence-electron chi connectivity index (χ0n) is 12.4. The quantitative estimate of drug-likeness (QED) is 0.848. The Morgan fingerprint density at radius 1 is 1.36 bits per heavy atom. The molecule has 6 nitrogen and oxygen atoms in total. The summed E-state index contributed by atoms with van der Waals surface area (Å²) in [5, 5.41) is 12.7. The minimum Gasteiger partial charge on any atom is -0.506 e. The van der Waals surface area contributed by atoms with Crippen LogP contribution in [0.1, 0.15) is 18.4 Å². The molecule has 1 aliphatic rings. The number of carbonyl (C=O) groups excluding carboxylic acids is 1. The van der Waals surface area contributed by atoms with Crippen LogP contribution in [0.25, 0.3) is 0 Å². The minimum atomic E-state index is -0.317. The van der Waals surface area contributed by atoms with Crippen molar-refractivity contribution in [2.75, 3.05) is 16.8 Å². The molecule has 0 saturated carbocycles. The van der Waals surface area contributed by atoms with Gasteiger partial charge in [0.25, 0.3) is 0 Å². The second kappa shape index (κ2) is 6.01. The molecule has 1 amide bonds. The Hall–Kier alpha value is -2.63. The van der Waals surface area contributed by atoms with Gasteiger partial charge in [-0.1, -0.05) is 6.07 Å². The van der Waals surface area contributed by atoms with Crippen molar-refractivity contribution in [3.8, 4) is 5.75 Å². The van der Waals surface area contributed by atoms with Crippen LogP contribution in [-0.2, 0) is 4.79 Å². The molecular weight excluding hydrogens is 280 g/mol. The van der Waals surface area contributed by atoms with Crippen molar-refractivity contribution in [2.24, 2.45) is 0 Å². The largest absolute Gasteiger partial charge is 0.506 e. The highest BCUT2D eigenvalue weighted by molar-refractivity contribution is 5.98. The number of benzene rings is 1. The molecule has 3 rings (SSSR count). The number of nitrogens with one attached hydrogen (secondary N) is 1. The van der Waals surface area contributed by atoms with Gasteiger partial charge in [-0.3, -0.25) is 4.79 Å². The summed E-state index contributed by atoms with van der Waals surface area (Å²) < 4.78 is 0. The molecule has 2 heterocycles. The fraction of sp³-hybridized carbons (Fsp3) is 0.312. The Morgan fingerprint density at radius 2 is 2.14 bits per heavy atom. The molecule has 0 aliphatic carbocycles. The van der Waals surface area contributed by atoms with Gasteiger partial charge < -0.3 is 15.3 Å². The van der Waals surface area contributed by atoms with Gasteiger partial charge in [0.15, 0.2) is 0 Å². The van der Waals surface area contributed by atoms with Crippen LogP contribution >= 0.6 is 0 Å². The second-order valence-electron chi connectivity index (χ2n) is 5.41. The number of hydrogen-bond acceptors (Lipinski definition) is 5. The number of aromatic nitrogens is 2. The van der Waals surface area contributed by atoms with Crippen LogP contribution in [0.5, 0.6) is 5.75 Å². The van der Waals surface area contributed by atoms with Crippen LogP contribution in [0.2, 0.25) is 0 Å². The first-order valence-electron chi connectivity index (χ1n) is 7.29. The molecular formula is C16H18N4O2. The first-order valence-corrected chi connectivity index (χ1v) is 7.29. The van der Waals surface area contributed by atoms with Gasteiger partial charge in [-0.25, -0.2) is 9.97 Å². The van der Waals surface area contributed by atoms with E-state index in [1.165, 1.54) is 0 Å². The molecule has 0 unspecified atom stereocenters. The average Bonchev–Trinajstić information content (AvgIpc) is 3.00. The highest BCUT2D eigenvalue weighted by atomic mass is 16.3. The van der Waals surface area contributed by atoms with Crippen LogP contribution in [-0.4, -0.2) is 33.6 Å². The fourth-order valence-corrected chi connectivity index (χ4v) is 2.68. The monoisotopic (exact) mass is 298 g/mol. The molecule has 114 valence electrons. The minimum absolute atomic E-state index is 0.0776. The zero-order valence-corrected chi connectivity index (χ0v) is 12.4. The summed E-state index contributed by atoms with van der Waals surface area (Å²) in [4.78, 5) is 22.8. The first-order chi connectivity index (χ1) is 10.6. The Labute approximate surface area is 128 Å². The third-order valence-corrected chi connectivity index (χ3v) is 3.78. The number of carbonyl (C=O) groups is 1. The summed E-state index contributed by atoms with van der Waals surface area (Å²) in [7, 11) is 0. The maximum atomic E-state index is 12.5. The number of aromatic hydroxyl groups is 1. The molecule has 2 aromatic rings. The number of nitrogens with zero attached hydrogens (tertiary/aromatic N) is 3. The molecule has 1 aliphatic heterocycles. The van der Waals surface area contributed by atoms with Crippen molar-refractivity contribution in [1.29, 1.82) is 0 Å². The molecule has 0 bridgehead atoms. The molecule has 1 fully saturated rings. The summed E-state index contributed by atoms with van der Waals surface area (Å²) >= 11 is 0. The Kier molecular flexibility index (Phi) is 3.91. The van der Waals surface area contributed by atoms with E-state index >= 15 is 0 Å². The lowest BCUT2D eigenvalue weighted by atomic mass is 10.1. The number of anilines is 2. The van der Waals surface area contributed by atoms with Crippen molar-refractivity contribution >= 4 is 17.5 Å². The smallest absolute Gasteiger partial charge is 0.247 e. The van der Waals surface area contributed by atoms with Crippen LogP contribution in [0.15, 0.2) is 36.7 Å². The van der Waals surface area contributed by atoms with E-state index in [0.717, 1.165) is 24.9 Å². The predicted molar refractivity (Wildman–Crippen MR) is 83.9 cm³/mol. The van der Waals surface area contributed by atoms with Crippen LogP contribution in [0.3, 0.4) is 0 Å². The first kappa shape index (κ1) is 14.3. The van der Waals surface area contributed by atoms with Crippen molar-refractivity contribution in [1.82, 2.24) is 9.97 Å². The summed E-state index contributed by atoms with van der Waals surface area (Å²) in [6.45, 7) is 2.64. The van der Waals surface area contributed by atoms with E-state index in [2.05, 4.69) is 15.3 Å². The van der Waals surface area contributed by atoms with Crippen LogP contribution in [0.4, 0.5) is 11.6 Å². The van der Waals surface area contributed by atoms with Gasteiger partial charge >= 0.3 is 0 Å². The van der Waals surface area contributed by atoms with Crippen LogP contribution < -0.4 is 10.2 Å². The summed E-state index contributed by atoms with van der Waals surface area (Å²) in [6.07, 6.45) is 5.00. The summed E-state index contributed by atoms with van der Waals surface area (Å²) in [6, 6.07) is 6.62. The van der Waals surface area contributed by atoms with Crippen molar-refractivity contribution in [3.63, 3.8) is 0 Å². The molecule has 1 aromatic heterocycles. The van der Waals surface area contributed by atoms with Crippen LogP contribution in [0, 0.1) is 6.92 Å². The van der Waals surface area contributed by atoms with Gasteiger partial charge in [0.05, 0.1) is 5.69 Å². The Morgan fingerprint density at radius 3 is 2.86 bits per heavy atom. The van der Waals surface area contributed by atoms with Gasteiger partial charge in [-0.15, -0.1) is 0 Å². The van der Waals surface area contributed by atoms with Crippen molar-refractivity contribution in [2.45, 2.75) is 25.8 Å². The standard InChI is InChI=1S/C16H18N4O2/c1-11-5-6-12(14(21)10-11)19-15(22)13-4-2-9-20(13)16-17-7-3-8-18-16/h3,5-8,10,13,21H,2,4,9H2,1H3,(H,19,22)/t13-/m0/s1. The maximum absolute atomic E-state index is 12.5. The van der Waals surface area contributed by atoms with Gasteiger partial charge in [0.2, 0.25) is 11.9 Å². The number of phenolic OH excluding ortho intramolecular Hbond substituents is 1. The predicted octanol–water partition coefficient (Wildman–Crippen LogP) is 2.10. The molecule has 1 saturated heterocycles. The van der Waals surface area contributed by atoms with Gasteiger partial charge in [0.1, 0.15) is 11.8 Å². The van der Waals surface area contributed by atoms with E-state index in [1.807, 2.05) is 17.9 Å². The van der Waals surface area contributed by atoms with E-state index < -0.39 is 0 Å². The highest BCUT2D eigenvalue weighted by Crippen LogP contribution is 2.27. The van der Waals surface area contributed by atoms with E-state index in [-0.39, 0.29) is 17.7 Å². The lowest BCUT2D eigenvalue weighted by Gasteiger charge is -2.23. The fourth-order valence-electron chi connectivity index (χ4n) is 2.68. The molecule has 6 heteroatoms. The lowest BCUT2D eigenvalue weighted by molar-refractivity contribution is -0.117. The molecule has 2 N–H and O–H groups in total. The Bertz CT molecular complexity index is 675. The normalized spacial score (nSPS) is 17.5. The number of amides is 1. The third kappa shape index (κ3) is 2.86. The Balaban J connectivity index is 1.76. The second-order valence-corrected chi connectivity index (χ2v) is 5.41. The molecule has 1 aromatic carbocycles. The van der Waals surface area contributed by atoms with Crippen molar-refractivity contribution in [3.05, 3.63) is 42.2 Å². The topological polar surface area (TPSA) is 78.4 Å². The SMILES string of the molecule is Cc1ccc(NC(=O)[C@@H]2CCCN2c2ncccn2)c(O)c1. The maximum Gasteiger partial charge on any atom is 0.247 e. The molecule has 22 heavy (non-hydrogen) atoms. The molecule has 1 atom stereocenters. The van der Waals surface area contributed by atoms with E-state index in [4.69, 9.17) is 0 Å². The molecule has 0 spiro atoms. The van der Waals surface area contributed by atoms with Gasteiger partial charge in [-0.2, -0.15) is 0 Å². The third-order valence-electron chi connectivity index (χ3n) is 3.78. The number of rotatable bonds is 3. The average molecular weight is 298 g/mol. The van der Waals surface area contributed by atoms with Crippen molar-refractivity contribution < 1.29 is 9.90 Å². The number of phenols is 1. The lowest BCUT2D eigenvalue weighted by Crippen LogP contribution is -2.40. The summed E-state index contributed by atoms with van der Waals surface area (Å²) in [5.41, 5.74) is 1.37. The number of hydrogen-bond donors (Lipinski definition) is 2. The van der Waals surface area contributed by atoms with E-state index in [1.54, 1.807) is 30.6 Å². The molecule has 0 radical (unpaired) electrons. The van der Waals surface area contributed by atoms with E-state index in [0.29, 0.717) is 11.6 Å². The zero-order chi connectivity index (χ0) is 15.5. The highest BCUT2D eigenvalue weighted by Gasteiger charge is 2.32. The van der Waals surface area contributed by atoms with Gasteiger partial charge in [0, 0.05) is 18.9 Å². The number of aryl methyl sites for hydroxylation is 1. The summed E-state index contributed by atoms with van der Waals surface area (Å²) in [5.74, 6) is 0.492.